The van der Waals surface area contributed by atoms with Crippen molar-refractivity contribution in [2.24, 2.45) is 5.92 Å². The molecule has 22 heavy (non-hydrogen) atoms. The molecule has 1 aromatic rings. The Bertz CT molecular complexity index is 552. The summed E-state index contributed by atoms with van der Waals surface area (Å²) in [5.41, 5.74) is 0.871. The number of nitrogens with zero attached hydrogens (tertiary/aromatic N) is 1. The zero-order chi connectivity index (χ0) is 15.9. The average molecular weight is 302 g/mol. The second kappa shape index (κ2) is 7.64. The van der Waals surface area contributed by atoms with Crippen molar-refractivity contribution in [1.29, 1.82) is 0 Å². The maximum atomic E-state index is 12.1. The highest BCUT2D eigenvalue weighted by Gasteiger charge is 2.30. The lowest BCUT2D eigenvalue weighted by atomic mass is 10.1. The fourth-order valence-electron chi connectivity index (χ4n) is 2.51. The lowest BCUT2D eigenvalue weighted by Gasteiger charge is -2.17. The fraction of sp³-hybridized carbons (Fsp3) is 0.412. The Morgan fingerprint density at radius 2 is 2.14 bits per heavy atom. The highest BCUT2D eigenvalue weighted by molar-refractivity contribution is 5.96. The van der Waals surface area contributed by atoms with Crippen LogP contribution >= 0.6 is 0 Å². The Kier molecular flexibility index (Phi) is 5.58. The van der Waals surface area contributed by atoms with Crippen molar-refractivity contribution in [3.63, 3.8) is 0 Å². The first-order valence-electron chi connectivity index (χ1n) is 7.57. The summed E-state index contributed by atoms with van der Waals surface area (Å²) < 4.78 is 5.40. The number of carbonyl (C=O) groups excluding carboxylic acids is 2. The molecule has 1 aliphatic heterocycles. The molecule has 1 heterocycles. The van der Waals surface area contributed by atoms with Crippen molar-refractivity contribution in [3.8, 4) is 5.75 Å². The highest BCUT2D eigenvalue weighted by Crippen LogP contribution is 2.26. The predicted octanol–water partition coefficient (Wildman–Crippen LogP) is 2.13. The molecular formula is C17H22N2O3. The van der Waals surface area contributed by atoms with E-state index in [9.17, 15) is 9.59 Å². The second-order valence-electron chi connectivity index (χ2n) is 5.25. The molecule has 0 spiro atoms. The molecule has 1 atom stereocenters. The van der Waals surface area contributed by atoms with Gasteiger partial charge in [0.2, 0.25) is 11.8 Å². The van der Waals surface area contributed by atoms with Gasteiger partial charge in [-0.1, -0.05) is 6.08 Å². The zero-order valence-electron chi connectivity index (χ0n) is 13.0. The minimum absolute atomic E-state index is 0.0921. The summed E-state index contributed by atoms with van der Waals surface area (Å²) >= 11 is 0. The molecule has 1 fully saturated rings. The Hall–Kier alpha value is -2.30. The van der Waals surface area contributed by atoms with Crippen molar-refractivity contribution in [1.82, 2.24) is 5.32 Å². The Balaban J connectivity index is 1.93. The fourth-order valence-corrected chi connectivity index (χ4v) is 2.51. The third-order valence-electron chi connectivity index (χ3n) is 3.55. The largest absolute Gasteiger partial charge is 0.494 e. The van der Waals surface area contributed by atoms with Crippen LogP contribution in [0.1, 0.15) is 20.3 Å². The minimum atomic E-state index is -0.116. The molecule has 5 nitrogen and oxygen atoms in total. The first-order valence-corrected chi connectivity index (χ1v) is 7.57. The van der Waals surface area contributed by atoms with Crippen molar-refractivity contribution in [2.75, 3.05) is 24.6 Å². The molecule has 1 saturated heterocycles. The standard InChI is InChI=1S/C17H22N2O3/c1-3-5-16(20)18-11-13-10-17(21)19(12-13)14-6-8-15(9-7-14)22-4-2/h3,5-9,13H,4,10-12H2,1-2H3,(H,18,20)/b5-3-. The van der Waals surface area contributed by atoms with Gasteiger partial charge in [0, 0.05) is 31.1 Å². The number of anilines is 1. The summed E-state index contributed by atoms with van der Waals surface area (Å²) in [5.74, 6) is 0.922. The molecular weight excluding hydrogens is 280 g/mol. The number of benzene rings is 1. The molecule has 1 unspecified atom stereocenters. The molecule has 0 bridgehead atoms. The third kappa shape index (κ3) is 4.10. The second-order valence-corrected chi connectivity index (χ2v) is 5.25. The SMILES string of the molecule is C/C=C\C(=O)NCC1CC(=O)N(c2ccc(OCC)cc2)C1. The Morgan fingerprint density at radius 3 is 2.77 bits per heavy atom. The van der Waals surface area contributed by atoms with Crippen molar-refractivity contribution < 1.29 is 14.3 Å². The zero-order valence-corrected chi connectivity index (χ0v) is 13.0. The summed E-state index contributed by atoms with van der Waals surface area (Å²) in [4.78, 5) is 25.3. The molecule has 5 heteroatoms. The topological polar surface area (TPSA) is 58.6 Å². The molecule has 1 N–H and O–H groups in total. The molecule has 1 aliphatic rings. The van der Waals surface area contributed by atoms with Gasteiger partial charge in [0.1, 0.15) is 5.75 Å². The van der Waals surface area contributed by atoms with Gasteiger partial charge in [0.05, 0.1) is 6.61 Å². The monoisotopic (exact) mass is 302 g/mol. The van der Waals surface area contributed by atoms with Gasteiger partial charge < -0.3 is 15.0 Å². The van der Waals surface area contributed by atoms with Crippen molar-refractivity contribution >= 4 is 17.5 Å². The van der Waals surface area contributed by atoms with Crippen LogP contribution in [0, 0.1) is 5.92 Å². The predicted molar refractivity (Wildman–Crippen MR) is 85.9 cm³/mol. The number of rotatable bonds is 6. The number of carbonyl (C=O) groups is 2. The number of hydrogen-bond donors (Lipinski definition) is 1. The molecule has 1 aromatic carbocycles. The lowest BCUT2D eigenvalue weighted by Crippen LogP contribution is -2.30. The summed E-state index contributed by atoms with van der Waals surface area (Å²) in [7, 11) is 0. The van der Waals surface area contributed by atoms with Gasteiger partial charge in [-0.15, -0.1) is 0 Å². The Labute approximate surface area is 130 Å². The van der Waals surface area contributed by atoms with E-state index in [1.807, 2.05) is 31.2 Å². The molecule has 0 aromatic heterocycles. The van der Waals surface area contributed by atoms with Gasteiger partial charge in [-0.05, 0) is 44.2 Å². The van der Waals surface area contributed by atoms with E-state index < -0.39 is 0 Å². The van der Waals surface area contributed by atoms with Crippen LogP contribution in [-0.2, 0) is 9.59 Å². The Morgan fingerprint density at radius 1 is 1.41 bits per heavy atom. The molecule has 2 rings (SSSR count). The summed E-state index contributed by atoms with van der Waals surface area (Å²) in [6.45, 7) is 5.50. The minimum Gasteiger partial charge on any atom is -0.494 e. The number of ether oxygens (including phenoxy) is 1. The van der Waals surface area contributed by atoms with E-state index in [-0.39, 0.29) is 17.7 Å². The molecule has 118 valence electrons. The summed E-state index contributed by atoms with van der Waals surface area (Å²) in [6.07, 6.45) is 3.64. The maximum absolute atomic E-state index is 12.1. The molecule has 0 aliphatic carbocycles. The van der Waals surface area contributed by atoms with Crippen LogP contribution < -0.4 is 15.0 Å². The summed E-state index contributed by atoms with van der Waals surface area (Å²) in [6, 6.07) is 7.52. The van der Waals surface area contributed by atoms with Gasteiger partial charge in [0.15, 0.2) is 0 Å². The van der Waals surface area contributed by atoms with Crippen molar-refractivity contribution in [2.45, 2.75) is 20.3 Å². The van der Waals surface area contributed by atoms with E-state index in [1.165, 1.54) is 6.08 Å². The van der Waals surface area contributed by atoms with Crippen LogP contribution in [0.4, 0.5) is 5.69 Å². The van der Waals surface area contributed by atoms with Crippen molar-refractivity contribution in [3.05, 3.63) is 36.4 Å². The first kappa shape index (κ1) is 16.1. The van der Waals surface area contributed by atoms with E-state index >= 15 is 0 Å². The molecule has 0 saturated carbocycles. The molecule has 2 amide bonds. The highest BCUT2D eigenvalue weighted by atomic mass is 16.5. The van der Waals surface area contributed by atoms with Gasteiger partial charge in [-0.25, -0.2) is 0 Å². The van der Waals surface area contributed by atoms with E-state index in [1.54, 1.807) is 17.9 Å². The van der Waals surface area contributed by atoms with Crippen LogP contribution in [0.3, 0.4) is 0 Å². The smallest absolute Gasteiger partial charge is 0.243 e. The average Bonchev–Trinajstić information content (AvgIpc) is 2.88. The van der Waals surface area contributed by atoms with Crippen LogP contribution in [-0.4, -0.2) is 31.5 Å². The summed E-state index contributed by atoms with van der Waals surface area (Å²) in [5, 5.41) is 2.82. The van der Waals surface area contributed by atoms with E-state index in [0.717, 1.165) is 11.4 Å². The number of amides is 2. The number of hydrogen-bond acceptors (Lipinski definition) is 3. The van der Waals surface area contributed by atoms with Crippen LogP contribution in [0.5, 0.6) is 5.75 Å². The maximum Gasteiger partial charge on any atom is 0.243 e. The van der Waals surface area contributed by atoms with Crippen LogP contribution in [0.15, 0.2) is 36.4 Å². The van der Waals surface area contributed by atoms with E-state index in [4.69, 9.17) is 4.74 Å². The quantitative estimate of drug-likeness (QED) is 0.819. The number of nitrogens with one attached hydrogen (secondary N) is 1. The van der Waals surface area contributed by atoms with Gasteiger partial charge in [-0.3, -0.25) is 9.59 Å². The normalized spacial score (nSPS) is 18.0. The van der Waals surface area contributed by atoms with E-state index in [0.29, 0.717) is 26.1 Å². The van der Waals surface area contributed by atoms with E-state index in [2.05, 4.69) is 5.32 Å². The van der Waals surface area contributed by atoms with Crippen LogP contribution in [0.25, 0.3) is 0 Å². The van der Waals surface area contributed by atoms with Gasteiger partial charge in [-0.2, -0.15) is 0 Å². The molecule has 0 radical (unpaired) electrons. The number of allylic oxidation sites excluding steroid dienone is 1. The van der Waals surface area contributed by atoms with Gasteiger partial charge in [0.25, 0.3) is 0 Å². The lowest BCUT2D eigenvalue weighted by molar-refractivity contribution is -0.118. The third-order valence-corrected chi connectivity index (χ3v) is 3.55. The van der Waals surface area contributed by atoms with Gasteiger partial charge >= 0.3 is 0 Å². The first-order chi connectivity index (χ1) is 10.6. The van der Waals surface area contributed by atoms with Crippen LogP contribution in [0.2, 0.25) is 0 Å².